The molecule has 0 bridgehead atoms. The van der Waals surface area contributed by atoms with Gasteiger partial charge in [0.1, 0.15) is 5.79 Å². The zero-order valence-corrected chi connectivity index (χ0v) is 10.3. The molecule has 0 atom stereocenters. The highest BCUT2D eigenvalue weighted by Gasteiger charge is 2.31. The van der Waals surface area contributed by atoms with Crippen molar-refractivity contribution in [3.8, 4) is 0 Å². The van der Waals surface area contributed by atoms with Gasteiger partial charge < -0.3 is 5.73 Å². The monoisotopic (exact) mass is 202 g/mol. The minimum absolute atomic E-state index is 0.0465. The van der Waals surface area contributed by atoms with Crippen molar-refractivity contribution >= 4 is 0 Å². The third-order valence-corrected chi connectivity index (χ3v) is 2.76. The van der Waals surface area contributed by atoms with Gasteiger partial charge >= 0.3 is 0 Å². The maximum absolute atomic E-state index is 5.48. The number of nitrogens with two attached hydrogens (primary N) is 1. The predicted octanol–water partition coefficient (Wildman–Crippen LogP) is 0.112. The lowest BCUT2D eigenvalue weighted by molar-refractivity contribution is -0.0316. The molecule has 0 aliphatic heterocycles. The van der Waals surface area contributed by atoms with E-state index in [-0.39, 0.29) is 5.79 Å². The number of nitrogens with one attached hydrogen (secondary N) is 1. The minimum Gasteiger partial charge on any atom is -0.330 e. The SMILES string of the molecule is CCC(NCCCN)(N(C)C)N(C)C. The molecule has 4 heteroatoms. The van der Waals surface area contributed by atoms with Crippen molar-refractivity contribution < 1.29 is 0 Å². The molecule has 0 rings (SSSR count). The summed E-state index contributed by atoms with van der Waals surface area (Å²) in [6.45, 7) is 3.89. The third kappa shape index (κ3) is 3.20. The Balaban J connectivity index is 4.35. The fourth-order valence-corrected chi connectivity index (χ4v) is 1.86. The van der Waals surface area contributed by atoms with Crippen LogP contribution in [-0.2, 0) is 0 Å². The molecular weight excluding hydrogens is 176 g/mol. The van der Waals surface area contributed by atoms with E-state index in [4.69, 9.17) is 5.73 Å². The fraction of sp³-hybridized carbons (Fsp3) is 1.00. The van der Waals surface area contributed by atoms with Gasteiger partial charge in [-0.05, 0) is 54.1 Å². The van der Waals surface area contributed by atoms with Crippen LogP contribution >= 0.6 is 0 Å². The van der Waals surface area contributed by atoms with Gasteiger partial charge in [0, 0.05) is 0 Å². The van der Waals surface area contributed by atoms with Crippen LogP contribution in [0.1, 0.15) is 19.8 Å². The van der Waals surface area contributed by atoms with Gasteiger partial charge in [0.05, 0.1) is 0 Å². The first-order chi connectivity index (χ1) is 6.51. The van der Waals surface area contributed by atoms with E-state index >= 15 is 0 Å². The van der Waals surface area contributed by atoms with Gasteiger partial charge in [0.15, 0.2) is 0 Å². The molecule has 0 aliphatic rings. The summed E-state index contributed by atoms with van der Waals surface area (Å²) < 4.78 is 0. The second kappa shape index (κ2) is 6.35. The van der Waals surface area contributed by atoms with E-state index in [0.717, 1.165) is 25.9 Å². The Morgan fingerprint density at radius 1 is 1.14 bits per heavy atom. The molecule has 86 valence electrons. The van der Waals surface area contributed by atoms with E-state index in [1.165, 1.54) is 0 Å². The molecule has 0 saturated heterocycles. The molecule has 0 spiro atoms. The van der Waals surface area contributed by atoms with Gasteiger partial charge in [0.2, 0.25) is 0 Å². The van der Waals surface area contributed by atoms with Crippen molar-refractivity contribution in [1.29, 1.82) is 0 Å². The highest BCUT2D eigenvalue weighted by molar-refractivity contribution is 4.80. The van der Waals surface area contributed by atoms with Crippen LogP contribution in [0.4, 0.5) is 0 Å². The maximum atomic E-state index is 5.48. The molecule has 0 aromatic carbocycles. The third-order valence-electron chi connectivity index (χ3n) is 2.76. The van der Waals surface area contributed by atoms with Crippen molar-refractivity contribution in [3.05, 3.63) is 0 Å². The summed E-state index contributed by atoms with van der Waals surface area (Å²) in [6, 6.07) is 0. The largest absolute Gasteiger partial charge is 0.330 e. The first-order valence-corrected chi connectivity index (χ1v) is 5.31. The van der Waals surface area contributed by atoms with E-state index in [2.05, 4.69) is 50.2 Å². The summed E-state index contributed by atoms with van der Waals surface area (Å²) in [6.07, 6.45) is 2.06. The van der Waals surface area contributed by atoms with Crippen molar-refractivity contribution in [2.45, 2.75) is 25.6 Å². The lowest BCUT2D eigenvalue weighted by Crippen LogP contribution is -2.64. The lowest BCUT2D eigenvalue weighted by Gasteiger charge is -2.45. The maximum Gasteiger partial charge on any atom is 0.127 e. The van der Waals surface area contributed by atoms with Gasteiger partial charge in [0.25, 0.3) is 0 Å². The normalized spacial score (nSPS) is 12.9. The first kappa shape index (κ1) is 13.8. The molecule has 0 saturated carbocycles. The van der Waals surface area contributed by atoms with Crippen molar-refractivity contribution in [2.75, 3.05) is 41.3 Å². The molecule has 0 heterocycles. The Labute approximate surface area is 88.4 Å². The van der Waals surface area contributed by atoms with Crippen LogP contribution in [0.25, 0.3) is 0 Å². The summed E-state index contributed by atoms with van der Waals surface area (Å²) >= 11 is 0. The van der Waals surface area contributed by atoms with Crippen LogP contribution in [-0.4, -0.2) is 56.9 Å². The second-order valence-corrected chi connectivity index (χ2v) is 4.03. The van der Waals surface area contributed by atoms with E-state index in [1.807, 2.05) is 0 Å². The fourth-order valence-electron chi connectivity index (χ4n) is 1.86. The number of rotatable bonds is 7. The van der Waals surface area contributed by atoms with Crippen molar-refractivity contribution in [2.24, 2.45) is 5.73 Å². The zero-order valence-electron chi connectivity index (χ0n) is 10.3. The Hall–Kier alpha value is -0.160. The summed E-state index contributed by atoms with van der Waals surface area (Å²) in [7, 11) is 8.38. The second-order valence-electron chi connectivity index (χ2n) is 4.03. The highest BCUT2D eigenvalue weighted by atomic mass is 15.5. The van der Waals surface area contributed by atoms with Crippen LogP contribution in [0, 0.1) is 0 Å². The Morgan fingerprint density at radius 3 is 1.93 bits per heavy atom. The Morgan fingerprint density at radius 2 is 1.64 bits per heavy atom. The van der Waals surface area contributed by atoms with Gasteiger partial charge in [-0.2, -0.15) is 0 Å². The quantitative estimate of drug-likeness (QED) is 0.454. The smallest absolute Gasteiger partial charge is 0.127 e. The minimum atomic E-state index is -0.0465. The molecule has 4 nitrogen and oxygen atoms in total. The summed E-state index contributed by atoms with van der Waals surface area (Å²) in [5.41, 5.74) is 5.48. The summed E-state index contributed by atoms with van der Waals surface area (Å²) in [5.74, 6) is -0.0465. The molecule has 0 fully saturated rings. The molecule has 0 radical (unpaired) electrons. The van der Waals surface area contributed by atoms with Crippen molar-refractivity contribution in [1.82, 2.24) is 15.1 Å². The molecular formula is C10H26N4. The molecule has 0 aromatic heterocycles. The summed E-state index contributed by atoms with van der Waals surface area (Å²) in [4.78, 5) is 4.42. The Kier molecular flexibility index (Phi) is 6.27. The van der Waals surface area contributed by atoms with Crippen molar-refractivity contribution in [3.63, 3.8) is 0 Å². The van der Waals surface area contributed by atoms with Crippen LogP contribution in [0.2, 0.25) is 0 Å². The average Bonchev–Trinajstić information content (AvgIpc) is 2.11. The molecule has 0 aliphatic carbocycles. The van der Waals surface area contributed by atoms with Gasteiger partial charge in [-0.1, -0.05) is 6.92 Å². The molecule has 3 N–H and O–H groups in total. The topological polar surface area (TPSA) is 44.5 Å². The number of hydrogen-bond donors (Lipinski definition) is 2. The molecule has 0 unspecified atom stereocenters. The number of hydrogen-bond acceptors (Lipinski definition) is 4. The molecule has 0 aromatic rings. The standard InChI is InChI=1S/C10H26N4/c1-6-10(13(2)3,14(4)5)12-9-7-8-11/h12H,6-9,11H2,1-5H3. The highest BCUT2D eigenvalue weighted by Crippen LogP contribution is 2.15. The molecule has 14 heavy (non-hydrogen) atoms. The van der Waals surface area contributed by atoms with E-state index < -0.39 is 0 Å². The van der Waals surface area contributed by atoms with Crippen LogP contribution in [0.15, 0.2) is 0 Å². The predicted molar refractivity (Wildman–Crippen MR) is 62.1 cm³/mol. The van der Waals surface area contributed by atoms with Crippen LogP contribution in [0.5, 0.6) is 0 Å². The van der Waals surface area contributed by atoms with Gasteiger partial charge in [-0.15, -0.1) is 0 Å². The van der Waals surface area contributed by atoms with E-state index in [9.17, 15) is 0 Å². The zero-order chi connectivity index (χ0) is 11.2. The number of nitrogens with zero attached hydrogens (tertiary/aromatic N) is 2. The van der Waals surface area contributed by atoms with E-state index in [1.54, 1.807) is 0 Å². The molecule has 0 amide bonds. The van der Waals surface area contributed by atoms with Crippen LogP contribution in [0.3, 0.4) is 0 Å². The van der Waals surface area contributed by atoms with Gasteiger partial charge in [-0.3, -0.25) is 15.1 Å². The lowest BCUT2D eigenvalue weighted by atomic mass is 10.2. The Bertz CT molecular complexity index is 137. The van der Waals surface area contributed by atoms with Crippen LogP contribution < -0.4 is 11.1 Å². The first-order valence-electron chi connectivity index (χ1n) is 5.31. The van der Waals surface area contributed by atoms with Gasteiger partial charge in [-0.25, -0.2) is 0 Å². The van der Waals surface area contributed by atoms with E-state index in [0.29, 0.717) is 0 Å². The summed E-state index contributed by atoms with van der Waals surface area (Å²) in [5, 5.41) is 3.55. The average molecular weight is 202 g/mol.